The highest BCUT2D eigenvalue weighted by molar-refractivity contribution is 5.97. The second-order valence-electron chi connectivity index (χ2n) is 5.49. The summed E-state index contributed by atoms with van der Waals surface area (Å²) in [6, 6.07) is 18.2. The zero-order valence-electron chi connectivity index (χ0n) is 12.0. The third-order valence-corrected chi connectivity index (χ3v) is 4.11. The lowest BCUT2D eigenvalue weighted by molar-refractivity contribution is -0.122. The van der Waals surface area contributed by atoms with Gasteiger partial charge < -0.3 is 10.6 Å². The van der Waals surface area contributed by atoms with E-state index in [9.17, 15) is 4.79 Å². The average molecular weight is 280 g/mol. The predicted molar refractivity (Wildman–Crippen MR) is 85.2 cm³/mol. The summed E-state index contributed by atoms with van der Waals surface area (Å²) >= 11 is 0. The first-order valence-corrected chi connectivity index (χ1v) is 7.43. The number of hydrogen-bond donors (Lipinski definition) is 1. The number of carbonyl (C=O) groups excluding carboxylic acids is 1. The third kappa shape index (κ3) is 2.83. The Bertz CT molecular complexity index is 624. The molecule has 2 aromatic rings. The molecule has 0 saturated carbocycles. The number of amides is 1. The molecule has 0 radical (unpaired) electrons. The van der Waals surface area contributed by atoms with Crippen LogP contribution in [0.25, 0.3) is 0 Å². The largest absolute Gasteiger partial charge is 0.330 e. The lowest BCUT2D eigenvalue weighted by Crippen LogP contribution is -2.39. The smallest absolute Gasteiger partial charge is 0.231 e. The highest BCUT2D eigenvalue weighted by atomic mass is 16.2. The van der Waals surface area contributed by atoms with E-state index in [1.165, 1.54) is 5.56 Å². The van der Waals surface area contributed by atoms with Crippen molar-refractivity contribution >= 4 is 11.6 Å². The monoisotopic (exact) mass is 280 g/mol. The van der Waals surface area contributed by atoms with Crippen molar-refractivity contribution in [1.82, 2.24) is 0 Å². The highest BCUT2D eigenvalue weighted by Crippen LogP contribution is 2.29. The van der Waals surface area contributed by atoms with Gasteiger partial charge in [-0.25, -0.2) is 0 Å². The molecular formula is C18H20N2O. The second-order valence-corrected chi connectivity index (χ2v) is 5.49. The molecular weight excluding hydrogens is 260 g/mol. The predicted octanol–water partition coefficient (Wildman–Crippen LogP) is 2.39. The lowest BCUT2D eigenvalue weighted by Gasteiger charge is -2.23. The van der Waals surface area contributed by atoms with Gasteiger partial charge in [0.15, 0.2) is 0 Å². The fourth-order valence-corrected chi connectivity index (χ4v) is 2.96. The van der Waals surface area contributed by atoms with Gasteiger partial charge in [0.25, 0.3) is 0 Å². The number of hydrogen-bond acceptors (Lipinski definition) is 2. The van der Waals surface area contributed by atoms with Gasteiger partial charge in [-0.05, 0) is 30.0 Å². The standard InChI is InChI=1S/C18H20N2O/c19-13-16(12-14-6-2-1-3-7-14)18(21)20-11-10-15-8-4-5-9-17(15)20/h1-9,16H,10-13,19H2. The van der Waals surface area contributed by atoms with Gasteiger partial charge in [-0.15, -0.1) is 0 Å². The molecule has 1 unspecified atom stereocenters. The van der Waals surface area contributed by atoms with Crippen LogP contribution in [0, 0.1) is 5.92 Å². The van der Waals surface area contributed by atoms with Crippen molar-refractivity contribution in [3.8, 4) is 0 Å². The van der Waals surface area contributed by atoms with Crippen LogP contribution in [0.4, 0.5) is 5.69 Å². The minimum absolute atomic E-state index is 0.145. The van der Waals surface area contributed by atoms with Crippen molar-refractivity contribution in [1.29, 1.82) is 0 Å². The molecule has 2 N–H and O–H groups in total. The van der Waals surface area contributed by atoms with E-state index in [-0.39, 0.29) is 11.8 Å². The Morgan fingerprint density at radius 2 is 1.81 bits per heavy atom. The Morgan fingerprint density at radius 3 is 2.57 bits per heavy atom. The minimum Gasteiger partial charge on any atom is -0.330 e. The molecule has 108 valence electrons. The van der Waals surface area contributed by atoms with E-state index in [0.29, 0.717) is 13.0 Å². The molecule has 0 bridgehead atoms. The van der Waals surface area contributed by atoms with Gasteiger partial charge in [-0.3, -0.25) is 4.79 Å². The van der Waals surface area contributed by atoms with Gasteiger partial charge >= 0.3 is 0 Å². The van der Waals surface area contributed by atoms with Crippen LogP contribution in [0.1, 0.15) is 11.1 Å². The van der Waals surface area contributed by atoms with Crippen LogP contribution in [0.3, 0.4) is 0 Å². The first-order chi connectivity index (χ1) is 10.3. The number of anilines is 1. The van der Waals surface area contributed by atoms with Crippen molar-refractivity contribution in [2.24, 2.45) is 11.7 Å². The van der Waals surface area contributed by atoms with E-state index in [2.05, 4.69) is 6.07 Å². The Hall–Kier alpha value is -2.13. The minimum atomic E-state index is -0.154. The number of rotatable bonds is 4. The third-order valence-electron chi connectivity index (χ3n) is 4.11. The first kappa shape index (κ1) is 13.8. The summed E-state index contributed by atoms with van der Waals surface area (Å²) in [5.41, 5.74) is 9.32. The number of para-hydroxylation sites is 1. The topological polar surface area (TPSA) is 46.3 Å². The van der Waals surface area contributed by atoms with Crippen LogP contribution in [0.15, 0.2) is 54.6 Å². The fourth-order valence-electron chi connectivity index (χ4n) is 2.96. The number of benzene rings is 2. The number of nitrogens with zero attached hydrogens (tertiary/aromatic N) is 1. The van der Waals surface area contributed by atoms with Crippen LogP contribution in [-0.2, 0) is 17.6 Å². The molecule has 0 saturated heterocycles. The van der Waals surface area contributed by atoms with Crippen molar-refractivity contribution in [2.45, 2.75) is 12.8 Å². The Morgan fingerprint density at radius 1 is 1.10 bits per heavy atom. The average Bonchev–Trinajstić information content (AvgIpc) is 2.97. The summed E-state index contributed by atoms with van der Waals surface area (Å²) in [6.45, 7) is 1.15. The van der Waals surface area contributed by atoms with Crippen LogP contribution < -0.4 is 10.6 Å². The van der Waals surface area contributed by atoms with Gasteiger partial charge in [0.2, 0.25) is 5.91 Å². The number of fused-ring (bicyclic) bond motifs is 1. The van der Waals surface area contributed by atoms with Crippen molar-refractivity contribution < 1.29 is 4.79 Å². The van der Waals surface area contributed by atoms with Crippen LogP contribution in [-0.4, -0.2) is 19.0 Å². The summed E-state index contributed by atoms with van der Waals surface area (Å²) in [5.74, 6) is -0.00939. The Kier molecular flexibility index (Phi) is 4.02. The van der Waals surface area contributed by atoms with Gasteiger partial charge in [0, 0.05) is 18.8 Å². The van der Waals surface area contributed by atoms with Gasteiger partial charge in [-0.2, -0.15) is 0 Å². The van der Waals surface area contributed by atoms with Crippen molar-refractivity contribution in [3.63, 3.8) is 0 Å². The summed E-state index contributed by atoms with van der Waals surface area (Å²) in [7, 11) is 0. The second kappa shape index (κ2) is 6.10. The van der Waals surface area contributed by atoms with Gasteiger partial charge in [-0.1, -0.05) is 48.5 Å². The SMILES string of the molecule is NCC(Cc1ccccc1)C(=O)N1CCc2ccccc21. The van der Waals surface area contributed by atoms with E-state index in [0.717, 1.165) is 24.2 Å². The molecule has 3 heteroatoms. The molecule has 3 nitrogen and oxygen atoms in total. The molecule has 1 heterocycles. The van der Waals surface area contributed by atoms with Crippen LogP contribution >= 0.6 is 0 Å². The summed E-state index contributed by atoms with van der Waals surface area (Å²) in [5, 5.41) is 0. The van der Waals surface area contributed by atoms with Gasteiger partial charge in [0.1, 0.15) is 0 Å². The van der Waals surface area contributed by atoms with Crippen LogP contribution in [0.5, 0.6) is 0 Å². The van der Waals surface area contributed by atoms with Crippen molar-refractivity contribution in [2.75, 3.05) is 18.0 Å². The highest BCUT2D eigenvalue weighted by Gasteiger charge is 2.29. The Balaban J connectivity index is 1.78. The first-order valence-electron chi connectivity index (χ1n) is 7.43. The van der Waals surface area contributed by atoms with E-state index in [1.54, 1.807) is 0 Å². The van der Waals surface area contributed by atoms with Crippen molar-refractivity contribution in [3.05, 3.63) is 65.7 Å². The summed E-state index contributed by atoms with van der Waals surface area (Å²) in [6.07, 6.45) is 1.64. The van der Waals surface area contributed by atoms with E-state index in [4.69, 9.17) is 5.73 Å². The van der Waals surface area contributed by atoms with Gasteiger partial charge in [0.05, 0.1) is 5.92 Å². The quantitative estimate of drug-likeness (QED) is 0.934. The molecule has 21 heavy (non-hydrogen) atoms. The molecule has 0 aromatic heterocycles. The molecule has 1 aliphatic rings. The maximum Gasteiger partial charge on any atom is 0.231 e. The molecule has 1 amide bonds. The molecule has 1 atom stereocenters. The number of nitrogens with two attached hydrogens (primary N) is 1. The molecule has 0 aliphatic carbocycles. The molecule has 0 fully saturated rings. The van der Waals surface area contributed by atoms with E-state index < -0.39 is 0 Å². The van der Waals surface area contributed by atoms with Crippen LogP contribution in [0.2, 0.25) is 0 Å². The maximum absolute atomic E-state index is 12.8. The number of carbonyl (C=O) groups is 1. The maximum atomic E-state index is 12.8. The van der Waals surface area contributed by atoms with E-state index >= 15 is 0 Å². The zero-order valence-corrected chi connectivity index (χ0v) is 12.0. The molecule has 1 aliphatic heterocycles. The Labute approximate surface area is 125 Å². The normalized spacial score (nSPS) is 14.8. The fraction of sp³-hybridized carbons (Fsp3) is 0.278. The van der Waals surface area contributed by atoms with E-state index in [1.807, 2.05) is 53.4 Å². The molecule has 0 spiro atoms. The summed E-state index contributed by atoms with van der Waals surface area (Å²) < 4.78 is 0. The lowest BCUT2D eigenvalue weighted by atomic mass is 9.98. The molecule has 3 rings (SSSR count). The molecule has 2 aromatic carbocycles. The summed E-state index contributed by atoms with van der Waals surface area (Å²) in [4.78, 5) is 14.7. The zero-order chi connectivity index (χ0) is 14.7.